The molecule has 1 saturated heterocycles. The van der Waals surface area contributed by atoms with Gasteiger partial charge < -0.3 is 10.2 Å². The molecule has 2 heterocycles. The summed E-state index contributed by atoms with van der Waals surface area (Å²) in [4.78, 5) is 18.1. The summed E-state index contributed by atoms with van der Waals surface area (Å²) < 4.78 is 13.5. The number of nitrogens with one attached hydrogen (secondary N) is 1. The predicted octanol–water partition coefficient (Wildman–Crippen LogP) is 4.83. The molecule has 0 saturated carbocycles. The van der Waals surface area contributed by atoms with E-state index in [1.54, 1.807) is 35.5 Å². The number of pyridine rings is 1. The van der Waals surface area contributed by atoms with Crippen LogP contribution in [0, 0.1) is 11.7 Å². The summed E-state index contributed by atoms with van der Waals surface area (Å²) in [6, 6.07) is 7.95. The minimum Gasteiger partial charge on any atom is -0.324 e. The lowest BCUT2D eigenvalue weighted by atomic mass is 9.91. The highest BCUT2D eigenvalue weighted by Gasteiger charge is 2.24. The van der Waals surface area contributed by atoms with Crippen molar-refractivity contribution in [1.29, 1.82) is 0 Å². The van der Waals surface area contributed by atoms with Gasteiger partial charge in [0.05, 0.1) is 11.9 Å². The maximum atomic E-state index is 13.5. The molecular formula is C19H19ClFN3O. The second-order valence-corrected chi connectivity index (χ2v) is 6.63. The minimum atomic E-state index is -0.347. The van der Waals surface area contributed by atoms with Crippen molar-refractivity contribution in [2.24, 2.45) is 5.92 Å². The summed E-state index contributed by atoms with van der Waals surface area (Å²) in [5.74, 6) is -0.157. The van der Waals surface area contributed by atoms with Crippen LogP contribution in [0.3, 0.4) is 0 Å². The number of hydrogen-bond donors (Lipinski definition) is 1. The molecule has 1 N–H and O–H groups in total. The third kappa shape index (κ3) is 4.57. The first-order valence-corrected chi connectivity index (χ1v) is 8.51. The normalized spacial score (nSPS) is 19.1. The first kappa shape index (κ1) is 17.4. The molecule has 1 aromatic heterocycles. The van der Waals surface area contributed by atoms with Crippen LogP contribution in [0.15, 0.2) is 48.3 Å². The molecule has 2 amide bonds. The molecule has 1 atom stereocenters. The molecular weight excluding hydrogens is 341 g/mol. The van der Waals surface area contributed by atoms with Crippen molar-refractivity contribution in [2.75, 3.05) is 18.4 Å². The first-order valence-electron chi connectivity index (χ1n) is 8.14. The Labute approximate surface area is 151 Å². The SMILES string of the molecule is CC1CN(C(=O)Nc2cccnc2)CCC1=Cc1cc(F)cc(Cl)c1. The molecule has 1 aromatic carbocycles. The van der Waals surface area contributed by atoms with Gasteiger partial charge in [-0.1, -0.05) is 30.2 Å². The number of amides is 2. The maximum absolute atomic E-state index is 13.5. The van der Waals surface area contributed by atoms with Gasteiger partial charge in [0.15, 0.2) is 0 Å². The Morgan fingerprint density at radius 2 is 2.28 bits per heavy atom. The quantitative estimate of drug-likeness (QED) is 0.834. The standard InChI is InChI=1S/C19H19ClFN3O/c1-13-12-24(19(25)23-18-3-2-5-22-11-18)6-4-15(13)7-14-8-16(20)10-17(21)9-14/h2-3,5,7-11,13H,4,6,12H2,1H3,(H,23,25). The molecule has 2 aromatic rings. The van der Waals surface area contributed by atoms with Gasteiger partial charge in [0, 0.05) is 24.3 Å². The number of likely N-dealkylation sites (tertiary alicyclic amines) is 1. The van der Waals surface area contributed by atoms with Gasteiger partial charge >= 0.3 is 6.03 Å². The number of carbonyl (C=O) groups is 1. The Morgan fingerprint density at radius 1 is 1.44 bits per heavy atom. The zero-order valence-electron chi connectivity index (χ0n) is 13.9. The van der Waals surface area contributed by atoms with Gasteiger partial charge in [0.25, 0.3) is 0 Å². The van der Waals surface area contributed by atoms with Crippen LogP contribution < -0.4 is 5.32 Å². The van der Waals surface area contributed by atoms with Gasteiger partial charge in [-0.3, -0.25) is 4.98 Å². The highest BCUT2D eigenvalue weighted by Crippen LogP contribution is 2.26. The van der Waals surface area contributed by atoms with Crippen molar-refractivity contribution in [2.45, 2.75) is 13.3 Å². The Bertz CT molecular complexity index is 774. The molecule has 1 fully saturated rings. The van der Waals surface area contributed by atoms with Crippen molar-refractivity contribution >= 4 is 29.4 Å². The fraction of sp³-hybridized carbons (Fsp3) is 0.263. The van der Waals surface area contributed by atoms with Crippen LogP contribution in [0.2, 0.25) is 5.02 Å². The molecule has 0 radical (unpaired) electrons. The molecule has 1 aliphatic heterocycles. The molecule has 1 unspecified atom stereocenters. The third-order valence-electron chi connectivity index (χ3n) is 4.23. The Morgan fingerprint density at radius 3 is 2.96 bits per heavy atom. The van der Waals surface area contributed by atoms with Crippen LogP contribution in [-0.4, -0.2) is 29.0 Å². The van der Waals surface area contributed by atoms with Crippen LogP contribution in [0.5, 0.6) is 0 Å². The largest absolute Gasteiger partial charge is 0.324 e. The Balaban J connectivity index is 1.66. The average molecular weight is 360 g/mol. The number of urea groups is 1. The van der Waals surface area contributed by atoms with Crippen molar-refractivity contribution in [3.05, 3.63) is 64.7 Å². The number of nitrogens with zero attached hydrogens (tertiary/aromatic N) is 2. The van der Waals surface area contributed by atoms with E-state index in [0.717, 1.165) is 12.0 Å². The smallest absolute Gasteiger partial charge is 0.321 e. The van der Waals surface area contributed by atoms with E-state index in [1.165, 1.54) is 17.7 Å². The minimum absolute atomic E-state index is 0.132. The van der Waals surface area contributed by atoms with Gasteiger partial charge in [0.2, 0.25) is 0 Å². The summed E-state index contributed by atoms with van der Waals surface area (Å²) in [5.41, 5.74) is 2.61. The van der Waals surface area contributed by atoms with Crippen LogP contribution in [0.25, 0.3) is 6.08 Å². The van der Waals surface area contributed by atoms with Crippen molar-refractivity contribution in [1.82, 2.24) is 9.88 Å². The van der Waals surface area contributed by atoms with E-state index in [-0.39, 0.29) is 17.8 Å². The summed E-state index contributed by atoms with van der Waals surface area (Å²) >= 11 is 5.91. The fourth-order valence-corrected chi connectivity index (χ4v) is 3.19. The molecule has 0 spiro atoms. The van der Waals surface area contributed by atoms with Crippen LogP contribution in [0.1, 0.15) is 18.9 Å². The molecule has 4 nitrogen and oxygen atoms in total. The number of aromatic nitrogens is 1. The van der Waals surface area contributed by atoms with Gasteiger partial charge in [-0.05, 0) is 48.2 Å². The zero-order valence-corrected chi connectivity index (χ0v) is 14.6. The van der Waals surface area contributed by atoms with E-state index >= 15 is 0 Å². The number of benzene rings is 1. The fourth-order valence-electron chi connectivity index (χ4n) is 2.96. The highest BCUT2D eigenvalue weighted by atomic mass is 35.5. The molecule has 6 heteroatoms. The van der Waals surface area contributed by atoms with Crippen molar-refractivity contribution in [3.8, 4) is 0 Å². The van der Waals surface area contributed by atoms with Crippen molar-refractivity contribution < 1.29 is 9.18 Å². The predicted molar refractivity (Wildman–Crippen MR) is 98.0 cm³/mol. The number of carbonyl (C=O) groups excluding carboxylic acids is 1. The van der Waals surface area contributed by atoms with Gasteiger partial charge in [-0.15, -0.1) is 0 Å². The monoisotopic (exact) mass is 359 g/mol. The number of piperidine rings is 1. The molecule has 3 rings (SSSR count). The van der Waals surface area contributed by atoms with Gasteiger partial charge in [0.1, 0.15) is 5.82 Å². The van der Waals surface area contributed by atoms with Crippen molar-refractivity contribution in [3.63, 3.8) is 0 Å². The topological polar surface area (TPSA) is 45.2 Å². The second-order valence-electron chi connectivity index (χ2n) is 6.19. The molecule has 0 aliphatic carbocycles. The number of halogens is 2. The van der Waals surface area contributed by atoms with Gasteiger partial charge in [-0.25, -0.2) is 9.18 Å². The van der Waals surface area contributed by atoms with Crippen LogP contribution >= 0.6 is 11.6 Å². The van der Waals surface area contributed by atoms with E-state index < -0.39 is 0 Å². The lowest BCUT2D eigenvalue weighted by molar-refractivity contribution is 0.198. The Kier molecular flexibility index (Phi) is 5.34. The van der Waals surface area contributed by atoms with Crippen LogP contribution in [-0.2, 0) is 0 Å². The molecule has 130 valence electrons. The third-order valence-corrected chi connectivity index (χ3v) is 4.45. The van der Waals surface area contributed by atoms with E-state index in [1.807, 2.05) is 6.08 Å². The number of rotatable bonds is 2. The van der Waals surface area contributed by atoms with E-state index in [4.69, 9.17) is 11.6 Å². The summed E-state index contributed by atoms with van der Waals surface area (Å²) in [6.07, 6.45) is 5.99. The highest BCUT2D eigenvalue weighted by molar-refractivity contribution is 6.30. The molecule has 25 heavy (non-hydrogen) atoms. The lowest BCUT2D eigenvalue weighted by Crippen LogP contribution is -2.42. The number of anilines is 1. The van der Waals surface area contributed by atoms with E-state index in [9.17, 15) is 9.18 Å². The second kappa shape index (κ2) is 7.66. The zero-order chi connectivity index (χ0) is 17.8. The first-order chi connectivity index (χ1) is 12.0. The molecule has 0 bridgehead atoms. The summed E-state index contributed by atoms with van der Waals surface area (Å²) in [7, 11) is 0. The summed E-state index contributed by atoms with van der Waals surface area (Å²) in [5, 5.41) is 3.23. The lowest BCUT2D eigenvalue weighted by Gasteiger charge is -2.33. The Hall–Kier alpha value is -2.40. The number of hydrogen-bond acceptors (Lipinski definition) is 2. The van der Waals surface area contributed by atoms with Crippen LogP contribution in [0.4, 0.5) is 14.9 Å². The van der Waals surface area contributed by atoms with Gasteiger partial charge in [-0.2, -0.15) is 0 Å². The maximum Gasteiger partial charge on any atom is 0.321 e. The van der Waals surface area contributed by atoms with E-state index in [2.05, 4.69) is 17.2 Å². The average Bonchev–Trinajstić information content (AvgIpc) is 2.56. The molecule has 1 aliphatic rings. The van der Waals surface area contributed by atoms with E-state index in [0.29, 0.717) is 23.8 Å². The summed E-state index contributed by atoms with van der Waals surface area (Å²) in [6.45, 7) is 3.29.